The summed E-state index contributed by atoms with van der Waals surface area (Å²) in [5.74, 6) is -1.36. The largest absolute Gasteiger partial charge is 0.481 e. The smallest absolute Gasteiger partial charge is 0.304 e. The van der Waals surface area contributed by atoms with Gasteiger partial charge in [-0.3, -0.25) is 9.59 Å². The minimum Gasteiger partial charge on any atom is -0.481 e. The van der Waals surface area contributed by atoms with Crippen LogP contribution in [0.15, 0.2) is 16.8 Å². The lowest BCUT2D eigenvalue weighted by Gasteiger charge is -2.29. The second kappa shape index (κ2) is 6.82. The minimum absolute atomic E-state index is 0.0331. The molecule has 5 heteroatoms. The van der Waals surface area contributed by atoms with E-state index in [1.807, 2.05) is 5.38 Å². The quantitative estimate of drug-likeness (QED) is 0.814. The van der Waals surface area contributed by atoms with E-state index >= 15 is 0 Å². The molecule has 0 spiro atoms. The van der Waals surface area contributed by atoms with Crippen LogP contribution in [0.5, 0.6) is 0 Å². The SMILES string of the molecule is O=C(O)CC(CN1CCCCC1)C(=O)c1ccsc1. The van der Waals surface area contributed by atoms with Gasteiger partial charge in [-0.1, -0.05) is 6.42 Å². The number of nitrogens with zero attached hydrogens (tertiary/aromatic N) is 1. The van der Waals surface area contributed by atoms with Crippen LogP contribution in [0.1, 0.15) is 36.0 Å². The average molecular weight is 281 g/mol. The number of carboxylic acids is 1. The van der Waals surface area contributed by atoms with Crippen LogP contribution in [0.25, 0.3) is 0 Å². The fraction of sp³-hybridized carbons (Fsp3) is 0.571. The van der Waals surface area contributed by atoms with Gasteiger partial charge in [0.2, 0.25) is 0 Å². The van der Waals surface area contributed by atoms with Crippen LogP contribution in [0.2, 0.25) is 0 Å². The second-order valence-corrected chi connectivity index (χ2v) is 5.81. The molecule has 1 unspecified atom stereocenters. The predicted octanol–water partition coefficient (Wildman–Crippen LogP) is 2.51. The summed E-state index contributed by atoms with van der Waals surface area (Å²) in [4.78, 5) is 25.5. The number of piperidine rings is 1. The fourth-order valence-electron chi connectivity index (χ4n) is 2.54. The summed E-state index contributed by atoms with van der Waals surface area (Å²) in [6.45, 7) is 2.53. The molecule has 4 nitrogen and oxygen atoms in total. The van der Waals surface area contributed by atoms with Crippen molar-refractivity contribution in [2.75, 3.05) is 19.6 Å². The number of aliphatic carboxylic acids is 1. The number of carbonyl (C=O) groups excluding carboxylic acids is 1. The van der Waals surface area contributed by atoms with Gasteiger partial charge in [-0.25, -0.2) is 0 Å². The molecule has 0 aromatic carbocycles. The topological polar surface area (TPSA) is 57.6 Å². The Morgan fingerprint density at radius 2 is 2.05 bits per heavy atom. The molecule has 1 aromatic rings. The van der Waals surface area contributed by atoms with Gasteiger partial charge in [-0.2, -0.15) is 11.3 Å². The van der Waals surface area contributed by atoms with Crippen molar-refractivity contribution in [1.29, 1.82) is 0 Å². The maximum atomic E-state index is 12.3. The maximum Gasteiger partial charge on any atom is 0.304 e. The van der Waals surface area contributed by atoms with Crippen molar-refractivity contribution in [2.24, 2.45) is 5.92 Å². The van der Waals surface area contributed by atoms with Crippen molar-refractivity contribution < 1.29 is 14.7 Å². The molecule has 1 aliphatic heterocycles. The maximum absolute atomic E-state index is 12.3. The minimum atomic E-state index is -0.898. The second-order valence-electron chi connectivity index (χ2n) is 5.03. The molecule has 1 fully saturated rings. The van der Waals surface area contributed by atoms with Crippen LogP contribution >= 0.6 is 11.3 Å². The van der Waals surface area contributed by atoms with E-state index in [1.165, 1.54) is 17.8 Å². The number of Topliss-reactive ketones (excluding diaryl/α,β-unsaturated/α-hetero) is 1. The van der Waals surface area contributed by atoms with Gasteiger partial charge >= 0.3 is 5.97 Å². The van der Waals surface area contributed by atoms with Gasteiger partial charge in [0.05, 0.1) is 6.42 Å². The van der Waals surface area contributed by atoms with Crippen molar-refractivity contribution in [3.63, 3.8) is 0 Å². The lowest BCUT2D eigenvalue weighted by molar-refractivity contribution is -0.137. The Balaban J connectivity index is 2.02. The van der Waals surface area contributed by atoms with Gasteiger partial charge in [0, 0.05) is 23.4 Å². The number of ketones is 1. The summed E-state index contributed by atoms with van der Waals surface area (Å²) in [5.41, 5.74) is 0.647. The number of likely N-dealkylation sites (tertiary alicyclic amines) is 1. The first-order chi connectivity index (χ1) is 9.16. The number of carbonyl (C=O) groups is 2. The van der Waals surface area contributed by atoms with Gasteiger partial charge in [0.15, 0.2) is 5.78 Å². The van der Waals surface area contributed by atoms with Gasteiger partial charge in [-0.15, -0.1) is 0 Å². The molecule has 1 atom stereocenters. The summed E-state index contributed by atoms with van der Waals surface area (Å²) < 4.78 is 0. The monoisotopic (exact) mass is 281 g/mol. The fourth-order valence-corrected chi connectivity index (χ4v) is 3.19. The molecule has 2 heterocycles. The third-order valence-electron chi connectivity index (χ3n) is 3.52. The van der Waals surface area contributed by atoms with Gasteiger partial charge in [-0.05, 0) is 37.4 Å². The number of hydrogen-bond donors (Lipinski definition) is 1. The Kier molecular flexibility index (Phi) is 5.10. The van der Waals surface area contributed by atoms with Crippen molar-refractivity contribution in [1.82, 2.24) is 4.90 Å². The van der Waals surface area contributed by atoms with E-state index in [0.29, 0.717) is 12.1 Å². The number of thiophene rings is 1. The molecule has 0 saturated carbocycles. The molecule has 1 saturated heterocycles. The number of rotatable bonds is 6. The van der Waals surface area contributed by atoms with E-state index in [1.54, 1.807) is 11.4 Å². The molecule has 1 N–H and O–H groups in total. The van der Waals surface area contributed by atoms with Crippen LogP contribution in [0.4, 0.5) is 0 Å². The van der Waals surface area contributed by atoms with Gasteiger partial charge in [0.25, 0.3) is 0 Å². The number of hydrogen-bond acceptors (Lipinski definition) is 4. The lowest BCUT2D eigenvalue weighted by atomic mass is 9.94. The molecule has 104 valence electrons. The van der Waals surface area contributed by atoms with E-state index in [9.17, 15) is 9.59 Å². The van der Waals surface area contributed by atoms with Crippen LogP contribution in [0, 0.1) is 5.92 Å². The van der Waals surface area contributed by atoms with Crippen molar-refractivity contribution >= 4 is 23.1 Å². The summed E-state index contributed by atoms with van der Waals surface area (Å²) >= 11 is 1.47. The third kappa shape index (κ3) is 4.14. The third-order valence-corrected chi connectivity index (χ3v) is 4.21. The highest BCUT2D eigenvalue weighted by Gasteiger charge is 2.26. The molecule has 19 heavy (non-hydrogen) atoms. The van der Waals surface area contributed by atoms with E-state index in [0.717, 1.165) is 25.9 Å². The molecule has 0 bridgehead atoms. The highest BCUT2D eigenvalue weighted by molar-refractivity contribution is 7.08. The van der Waals surface area contributed by atoms with E-state index < -0.39 is 11.9 Å². The molecule has 0 aliphatic carbocycles. The van der Waals surface area contributed by atoms with Gasteiger partial charge < -0.3 is 10.0 Å². The molecule has 0 radical (unpaired) electrons. The highest BCUT2D eigenvalue weighted by Crippen LogP contribution is 2.19. The molecule has 2 rings (SSSR count). The standard InChI is InChI=1S/C14H19NO3S/c16-13(17)8-12(9-15-5-2-1-3-6-15)14(18)11-4-7-19-10-11/h4,7,10,12H,1-3,5-6,8-9H2,(H,16,17). The molecule has 1 aromatic heterocycles. The molecular weight excluding hydrogens is 262 g/mol. The van der Waals surface area contributed by atoms with Crippen LogP contribution in [-0.4, -0.2) is 41.4 Å². The van der Waals surface area contributed by atoms with Crippen molar-refractivity contribution in [3.05, 3.63) is 22.4 Å². The lowest BCUT2D eigenvalue weighted by Crippen LogP contribution is -2.37. The highest BCUT2D eigenvalue weighted by atomic mass is 32.1. The summed E-state index contributed by atoms with van der Waals surface area (Å²) in [6, 6.07) is 1.78. The molecule has 1 aliphatic rings. The van der Waals surface area contributed by atoms with Crippen LogP contribution < -0.4 is 0 Å². The van der Waals surface area contributed by atoms with E-state index in [4.69, 9.17) is 5.11 Å². The Hall–Kier alpha value is -1.20. The Morgan fingerprint density at radius 3 is 2.63 bits per heavy atom. The average Bonchev–Trinajstić information content (AvgIpc) is 2.91. The Morgan fingerprint density at radius 1 is 1.32 bits per heavy atom. The Labute approximate surface area is 117 Å². The van der Waals surface area contributed by atoms with E-state index in [2.05, 4.69) is 4.90 Å². The van der Waals surface area contributed by atoms with Crippen LogP contribution in [-0.2, 0) is 4.79 Å². The van der Waals surface area contributed by atoms with Crippen molar-refractivity contribution in [3.8, 4) is 0 Å². The molecule has 0 amide bonds. The number of carboxylic acid groups (broad SMARTS) is 1. The summed E-state index contributed by atoms with van der Waals surface area (Å²) in [6.07, 6.45) is 3.45. The molecular formula is C14H19NO3S. The summed E-state index contributed by atoms with van der Waals surface area (Å²) in [5, 5.41) is 12.6. The normalized spacial score (nSPS) is 18.1. The van der Waals surface area contributed by atoms with Crippen molar-refractivity contribution in [2.45, 2.75) is 25.7 Å². The van der Waals surface area contributed by atoms with Gasteiger partial charge in [0.1, 0.15) is 0 Å². The predicted molar refractivity (Wildman–Crippen MR) is 74.7 cm³/mol. The van der Waals surface area contributed by atoms with E-state index in [-0.39, 0.29) is 12.2 Å². The van der Waals surface area contributed by atoms with Crippen LogP contribution in [0.3, 0.4) is 0 Å². The summed E-state index contributed by atoms with van der Waals surface area (Å²) in [7, 11) is 0. The first kappa shape index (κ1) is 14.2. The zero-order chi connectivity index (χ0) is 13.7. The Bertz CT molecular complexity index is 424. The zero-order valence-electron chi connectivity index (χ0n) is 10.9. The zero-order valence-corrected chi connectivity index (χ0v) is 11.7. The first-order valence-electron chi connectivity index (χ1n) is 6.67. The first-order valence-corrected chi connectivity index (χ1v) is 7.61.